The summed E-state index contributed by atoms with van der Waals surface area (Å²) >= 11 is 0. The Hall–Kier alpha value is -1.62. The maximum Gasteiger partial charge on any atom is 0.272 e. The van der Waals surface area contributed by atoms with E-state index < -0.39 is 0 Å². The second-order valence-corrected chi connectivity index (χ2v) is 6.17. The number of aromatic nitrogens is 1. The molecule has 1 heterocycles. The Labute approximate surface area is 126 Å². The Morgan fingerprint density at radius 3 is 2.76 bits per heavy atom. The van der Waals surface area contributed by atoms with Gasteiger partial charge in [-0.3, -0.25) is 4.79 Å². The third-order valence-electron chi connectivity index (χ3n) is 4.09. The highest BCUT2D eigenvalue weighted by Crippen LogP contribution is 2.25. The van der Waals surface area contributed by atoms with Gasteiger partial charge in [0.05, 0.1) is 0 Å². The molecule has 1 aromatic rings. The number of carbonyl (C=O) groups excluding carboxylic acids is 1. The van der Waals surface area contributed by atoms with Gasteiger partial charge < -0.3 is 10.3 Å². The highest BCUT2D eigenvalue weighted by Gasteiger charge is 2.28. The lowest BCUT2D eigenvalue weighted by Gasteiger charge is -2.29. The van der Waals surface area contributed by atoms with E-state index in [1.54, 1.807) is 12.1 Å². The minimum atomic E-state index is 0.0275. The Bertz CT molecular complexity index is 469. The fourth-order valence-corrected chi connectivity index (χ4v) is 2.84. The number of nitrogens with zero attached hydrogens (tertiary/aromatic N) is 2. The van der Waals surface area contributed by atoms with E-state index >= 15 is 0 Å². The number of anilines is 1. The summed E-state index contributed by atoms with van der Waals surface area (Å²) in [6.07, 6.45) is 5.68. The molecule has 5 nitrogen and oxygen atoms in total. The van der Waals surface area contributed by atoms with Crippen molar-refractivity contribution >= 4 is 11.7 Å². The van der Waals surface area contributed by atoms with Gasteiger partial charge in [-0.25, -0.2) is 10.8 Å². The van der Waals surface area contributed by atoms with Gasteiger partial charge in [-0.2, -0.15) is 0 Å². The van der Waals surface area contributed by atoms with Crippen molar-refractivity contribution < 1.29 is 4.79 Å². The minimum absolute atomic E-state index is 0.0275. The zero-order valence-corrected chi connectivity index (χ0v) is 13.0. The molecule has 116 valence electrons. The van der Waals surface area contributed by atoms with Crippen molar-refractivity contribution in [1.82, 2.24) is 9.88 Å². The van der Waals surface area contributed by atoms with Gasteiger partial charge in [0.1, 0.15) is 11.5 Å². The summed E-state index contributed by atoms with van der Waals surface area (Å²) in [4.78, 5) is 19.1. The van der Waals surface area contributed by atoms with Crippen molar-refractivity contribution in [3.05, 3.63) is 23.9 Å². The lowest BCUT2D eigenvalue weighted by Crippen LogP contribution is -2.40. The number of rotatable bonds is 6. The van der Waals surface area contributed by atoms with E-state index in [2.05, 4.69) is 24.3 Å². The van der Waals surface area contributed by atoms with E-state index in [1.165, 1.54) is 12.8 Å². The molecule has 0 unspecified atom stereocenters. The summed E-state index contributed by atoms with van der Waals surface area (Å²) in [5.41, 5.74) is 2.97. The molecule has 1 aliphatic carbocycles. The number of hydrogen-bond donors (Lipinski definition) is 2. The molecule has 2 rings (SSSR count). The summed E-state index contributed by atoms with van der Waals surface area (Å²) in [5.74, 6) is 6.52. The molecular weight excluding hydrogens is 264 g/mol. The van der Waals surface area contributed by atoms with E-state index in [9.17, 15) is 4.79 Å². The molecule has 3 N–H and O–H groups in total. The van der Waals surface area contributed by atoms with Gasteiger partial charge >= 0.3 is 0 Å². The number of hydrogen-bond acceptors (Lipinski definition) is 4. The van der Waals surface area contributed by atoms with Crippen LogP contribution >= 0.6 is 0 Å². The predicted molar refractivity (Wildman–Crippen MR) is 84.8 cm³/mol. The number of nitrogens with one attached hydrogen (secondary N) is 1. The first-order valence-electron chi connectivity index (χ1n) is 7.86. The molecule has 5 heteroatoms. The van der Waals surface area contributed by atoms with Crippen molar-refractivity contribution in [3.8, 4) is 0 Å². The van der Waals surface area contributed by atoms with Crippen LogP contribution in [0.5, 0.6) is 0 Å². The molecule has 1 amide bonds. The van der Waals surface area contributed by atoms with Gasteiger partial charge in [-0.05, 0) is 37.3 Å². The second-order valence-electron chi connectivity index (χ2n) is 6.17. The summed E-state index contributed by atoms with van der Waals surface area (Å²) < 4.78 is 0. The summed E-state index contributed by atoms with van der Waals surface area (Å²) in [6.45, 7) is 5.19. The molecular formula is C16H26N4O. The average Bonchev–Trinajstić information content (AvgIpc) is 3.01. The first kappa shape index (κ1) is 15.8. The van der Waals surface area contributed by atoms with Crippen molar-refractivity contribution in [3.63, 3.8) is 0 Å². The summed E-state index contributed by atoms with van der Waals surface area (Å²) in [6, 6.07) is 5.70. The quantitative estimate of drug-likeness (QED) is 0.624. The lowest BCUT2D eigenvalue weighted by atomic mass is 10.1. The Kier molecular flexibility index (Phi) is 5.56. The Morgan fingerprint density at radius 2 is 2.14 bits per heavy atom. The molecule has 1 fully saturated rings. The van der Waals surface area contributed by atoms with Crippen LogP contribution in [0.15, 0.2) is 18.2 Å². The summed E-state index contributed by atoms with van der Waals surface area (Å²) in [7, 11) is 0. The third-order valence-corrected chi connectivity index (χ3v) is 4.09. The smallest absolute Gasteiger partial charge is 0.272 e. The van der Waals surface area contributed by atoms with Gasteiger partial charge in [0, 0.05) is 12.6 Å². The first-order chi connectivity index (χ1) is 10.1. The number of pyridine rings is 1. The van der Waals surface area contributed by atoms with Crippen LogP contribution in [0.1, 0.15) is 56.4 Å². The molecule has 0 aliphatic heterocycles. The van der Waals surface area contributed by atoms with Crippen molar-refractivity contribution in [2.24, 2.45) is 11.8 Å². The normalized spacial score (nSPS) is 15.4. The molecule has 0 atom stereocenters. The molecule has 1 aromatic heterocycles. The minimum Gasteiger partial charge on any atom is -0.334 e. The van der Waals surface area contributed by atoms with Gasteiger partial charge in [0.15, 0.2) is 0 Å². The van der Waals surface area contributed by atoms with E-state index in [1.807, 2.05) is 11.0 Å². The van der Waals surface area contributed by atoms with E-state index in [-0.39, 0.29) is 5.91 Å². The standard InChI is InChI=1S/C16H26N4O/c1-12(2)10-11-20(13-6-3-4-7-13)16(21)14-8-5-9-15(18-14)19-17/h5,8-9,12-13H,3-4,6-7,10-11,17H2,1-2H3,(H,18,19). The Balaban J connectivity index is 2.15. The third kappa shape index (κ3) is 4.17. The fourth-order valence-electron chi connectivity index (χ4n) is 2.84. The lowest BCUT2D eigenvalue weighted by molar-refractivity contribution is 0.0666. The highest BCUT2D eigenvalue weighted by atomic mass is 16.2. The molecule has 0 aromatic carbocycles. The van der Waals surface area contributed by atoms with E-state index in [4.69, 9.17) is 5.84 Å². The maximum atomic E-state index is 12.8. The van der Waals surface area contributed by atoms with Crippen LogP contribution in [0, 0.1) is 5.92 Å². The van der Waals surface area contributed by atoms with Crippen LogP contribution in [-0.2, 0) is 0 Å². The molecule has 1 aliphatic rings. The monoisotopic (exact) mass is 290 g/mol. The molecule has 0 bridgehead atoms. The van der Waals surface area contributed by atoms with E-state index in [0.717, 1.165) is 25.8 Å². The Morgan fingerprint density at radius 1 is 1.43 bits per heavy atom. The number of nitrogen functional groups attached to an aromatic ring is 1. The number of nitrogens with two attached hydrogens (primary N) is 1. The van der Waals surface area contributed by atoms with Crippen molar-refractivity contribution in [1.29, 1.82) is 0 Å². The van der Waals surface area contributed by atoms with Crippen molar-refractivity contribution in [2.45, 2.75) is 52.0 Å². The molecule has 1 saturated carbocycles. The fraction of sp³-hybridized carbons (Fsp3) is 0.625. The van der Waals surface area contributed by atoms with E-state index in [0.29, 0.717) is 23.5 Å². The SMILES string of the molecule is CC(C)CCN(C(=O)c1cccc(NN)n1)C1CCCC1. The molecule has 0 radical (unpaired) electrons. The topological polar surface area (TPSA) is 71.2 Å². The average molecular weight is 290 g/mol. The van der Waals surface area contributed by atoms with Crippen LogP contribution in [-0.4, -0.2) is 28.4 Å². The first-order valence-corrected chi connectivity index (χ1v) is 7.86. The van der Waals surface area contributed by atoms with Gasteiger partial charge in [-0.15, -0.1) is 0 Å². The largest absolute Gasteiger partial charge is 0.334 e. The molecule has 21 heavy (non-hydrogen) atoms. The zero-order chi connectivity index (χ0) is 15.2. The van der Waals surface area contributed by atoms with Gasteiger partial charge in [0.25, 0.3) is 5.91 Å². The van der Waals surface area contributed by atoms with Crippen LogP contribution in [0.4, 0.5) is 5.82 Å². The molecule has 0 spiro atoms. The number of hydrazine groups is 1. The van der Waals surface area contributed by atoms with Crippen LogP contribution < -0.4 is 11.3 Å². The van der Waals surface area contributed by atoms with Gasteiger partial charge in [-0.1, -0.05) is 32.8 Å². The highest BCUT2D eigenvalue weighted by molar-refractivity contribution is 5.93. The summed E-state index contributed by atoms with van der Waals surface area (Å²) in [5, 5.41) is 0. The second kappa shape index (κ2) is 7.41. The van der Waals surface area contributed by atoms with Crippen LogP contribution in [0.25, 0.3) is 0 Å². The van der Waals surface area contributed by atoms with Crippen LogP contribution in [0.3, 0.4) is 0 Å². The van der Waals surface area contributed by atoms with Crippen LogP contribution in [0.2, 0.25) is 0 Å². The van der Waals surface area contributed by atoms with Gasteiger partial charge in [0.2, 0.25) is 0 Å². The van der Waals surface area contributed by atoms with Crippen molar-refractivity contribution in [2.75, 3.05) is 12.0 Å². The number of amides is 1. The molecule has 0 saturated heterocycles. The number of carbonyl (C=O) groups is 1. The maximum absolute atomic E-state index is 12.8. The predicted octanol–water partition coefficient (Wildman–Crippen LogP) is 2.80. The zero-order valence-electron chi connectivity index (χ0n) is 13.0.